The molecule has 96 valence electrons. The van der Waals surface area contributed by atoms with Crippen LogP contribution < -0.4 is 11.1 Å². The van der Waals surface area contributed by atoms with Gasteiger partial charge in [0.15, 0.2) is 0 Å². The summed E-state index contributed by atoms with van der Waals surface area (Å²) in [5, 5.41) is 3.25. The molecule has 3 N–H and O–H groups in total. The predicted octanol–water partition coefficient (Wildman–Crippen LogP) is 2.97. The van der Waals surface area contributed by atoms with E-state index in [9.17, 15) is 4.39 Å². The van der Waals surface area contributed by atoms with Gasteiger partial charge in [0.2, 0.25) is 0 Å². The number of nitrogens with zero attached hydrogens (tertiary/aromatic N) is 1. The lowest BCUT2D eigenvalue weighted by Gasteiger charge is -2.01. The van der Waals surface area contributed by atoms with Crippen molar-refractivity contribution in [2.45, 2.75) is 13.0 Å². The van der Waals surface area contributed by atoms with Crippen LogP contribution in [0.25, 0.3) is 0 Å². The van der Waals surface area contributed by atoms with Crippen LogP contribution in [0.1, 0.15) is 11.1 Å². The third kappa shape index (κ3) is 2.57. The van der Waals surface area contributed by atoms with Crippen LogP contribution in [0, 0.1) is 5.82 Å². The molecule has 0 fully saturated rings. The van der Waals surface area contributed by atoms with Crippen molar-refractivity contribution >= 4 is 17.2 Å². The van der Waals surface area contributed by atoms with Gasteiger partial charge in [0.05, 0.1) is 6.54 Å². The van der Waals surface area contributed by atoms with Crippen LogP contribution in [0.3, 0.4) is 0 Å². The minimum atomic E-state index is -0.224. The maximum atomic E-state index is 12.8. The van der Waals surface area contributed by atoms with Gasteiger partial charge in [0.1, 0.15) is 11.7 Å². The van der Waals surface area contributed by atoms with E-state index in [1.54, 1.807) is 12.1 Å². The highest BCUT2D eigenvalue weighted by atomic mass is 19.1. The molecule has 0 amide bonds. The third-order valence-electron chi connectivity index (χ3n) is 3.14. The molecule has 1 heterocycles. The van der Waals surface area contributed by atoms with Crippen LogP contribution in [-0.4, -0.2) is 5.84 Å². The standard InChI is InChI=1S/C15H14FN3/c16-12-4-1-10(2-5-12)9-18-15-7-11-3-6-13(17)8-14(11)19-15/h1-6,8H,7,9,17H2,(H,18,19). The normalized spacial score (nSPS) is 15.3. The lowest BCUT2D eigenvalue weighted by Crippen LogP contribution is -2.06. The van der Waals surface area contributed by atoms with Gasteiger partial charge in [-0.05, 0) is 35.4 Å². The van der Waals surface area contributed by atoms with Crippen LogP contribution in [0.5, 0.6) is 0 Å². The summed E-state index contributed by atoms with van der Waals surface area (Å²) < 4.78 is 12.8. The number of nitrogen functional groups attached to an aromatic ring is 1. The van der Waals surface area contributed by atoms with Gasteiger partial charge >= 0.3 is 0 Å². The van der Waals surface area contributed by atoms with E-state index in [4.69, 9.17) is 5.73 Å². The molecule has 0 saturated carbocycles. The first-order valence-corrected chi connectivity index (χ1v) is 6.14. The highest BCUT2D eigenvalue weighted by Gasteiger charge is 2.15. The molecule has 2 aromatic rings. The van der Waals surface area contributed by atoms with Crippen molar-refractivity contribution in [2.24, 2.45) is 4.99 Å². The fraction of sp³-hybridized carbons (Fsp3) is 0.133. The van der Waals surface area contributed by atoms with Crippen molar-refractivity contribution in [1.82, 2.24) is 0 Å². The van der Waals surface area contributed by atoms with Gasteiger partial charge in [0, 0.05) is 17.8 Å². The second-order valence-electron chi connectivity index (χ2n) is 4.61. The number of nitrogens with two attached hydrogens (primary N) is 1. The maximum absolute atomic E-state index is 12.8. The van der Waals surface area contributed by atoms with E-state index < -0.39 is 0 Å². The molecular formula is C15H14FN3. The van der Waals surface area contributed by atoms with Crippen molar-refractivity contribution in [1.29, 1.82) is 0 Å². The molecule has 0 aliphatic carbocycles. The fourth-order valence-corrected chi connectivity index (χ4v) is 2.12. The van der Waals surface area contributed by atoms with Crippen molar-refractivity contribution in [2.75, 3.05) is 11.1 Å². The van der Waals surface area contributed by atoms with Crippen molar-refractivity contribution < 1.29 is 4.39 Å². The summed E-state index contributed by atoms with van der Waals surface area (Å²) in [6.45, 7) is 0.548. The first kappa shape index (κ1) is 11.7. The Kier molecular flexibility index (Phi) is 2.91. The molecule has 3 rings (SSSR count). The second-order valence-corrected chi connectivity index (χ2v) is 4.61. The molecule has 0 unspecified atom stereocenters. The number of amidine groups is 1. The number of benzene rings is 2. The predicted molar refractivity (Wildman–Crippen MR) is 75.7 cm³/mol. The highest BCUT2D eigenvalue weighted by Crippen LogP contribution is 2.25. The number of rotatable bonds is 2. The molecule has 19 heavy (non-hydrogen) atoms. The van der Waals surface area contributed by atoms with E-state index in [2.05, 4.69) is 10.3 Å². The molecule has 0 bridgehead atoms. The molecule has 0 aromatic heterocycles. The Bertz CT molecular complexity index is 632. The van der Waals surface area contributed by atoms with Crippen molar-refractivity contribution in [3.05, 3.63) is 59.4 Å². The Morgan fingerprint density at radius 3 is 2.74 bits per heavy atom. The van der Waals surface area contributed by atoms with E-state index in [1.165, 1.54) is 17.7 Å². The first-order valence-electron chi connectivity index (χ1n) is 6.14. The zero-order valence-electron chi connectivity index (χ0n) is 10.4. The van der Waals surface area contributed by atoms with E-state index in [0.717, 1.165) is 29.2 Å². The van der Waals surface area contributed by atoms with Crippen molar-refractivity contribution in [3.8, 4) is 0 Å². The largest absolute Gasteiger partial charge is 0.399 e. The van der Waals surface area contributed by atoms with E-state index in [-0.39, 0.29) is 5.82 Å². The molecule has 1 aliphatic rings. The summed E-state index contributed by atoms with van der Waals surface area (Å²) in [6, 6.07) is 12.2. The van der Waals surface area contributed by atoms with E-state index in [0.29, 0.717) is 6.54 Å². The Labute approximate surface area is 111 Å². The van der Waals surface area contributed by atoms with Gasteiger partial charge in [-0.2, -0.15) is 0 Å². The summed E-state index contributed by atoms with van der Waals surface area (Å²) in [5.41, 5.74) is 9.70. The SMILES string of the molecule is Nc1ccc2c(c1)NC(=NCc1ccc(F)cc1)C2. The van der Waals surface area contributed by atoms with Crippen LogP contribution in [0.2, 0.25) is 0 Å². The van der Waals surface area contributed by atoms with E-state index >= 15 is 0 Å². The number of anilines is 2. The average Bonchev–Trinajstić information content (AvgIpc) is 2.80. The van der Waals surface area contributed by atoms with Gasteiger partial charge in [-0.3, -0.25) is 4.99 Å². The minimum Gasteiger partial charge on any atom is -0.399 e. The summed E-state index contributed by atoms with van der Waals surface area (Å²) in [6.07, 6.45) is 0.789. The highest BCUT2D eigenvalue weighted by molar-refractivity contribution is 6.03. The number of hydrogen-bond acceptors (Lipinski definition) is 2. The number of halogens is 1. The third-order valence-corrected chi connectivity index (χ3v) is 3.14. The number of hydrogen-bond donors (Lipinski definition) is 2. The van der Waals surface area contributed by atoms with Gasteiger partial charge < -0.3 is 11.1 Å². The molecule has 1 aliphatic heterocycles. The van der Waals surface area contributed by atoms with Gasteiger partial charge in [-0.15, -0.1) is 0 Å². The van der Waals surface area contributed by atoms with Crippen LogP contribution in [-0.2, 0) is 13.0 Å². The molecule has 0 saturated heterocycles. The van der Waals surface area contributed by atoms with Crippen LogP contribution in [0.4, 0.5) is 15.8 Å². The minimum absolute atomic E-state index is 0.224. The topological polar surface area (TPSA) is 50.4 Å². The molecule has 4 heteroatoms. The van der Waals surface area contributed by atoms with Gasteiger partial charge in [0.25, 0.3) is 0 Å². The molecule has 2 aromatic carbocycles. The quantitative estimate of drug-likeness (QED) is 0.810. The molecular weight excluding hydrogens is 241 g/mol. The summed E-state index contributed by atoms with van der Waals surface area (Å²) >= 11 is 0. The molecule has 3 nitrogen and oxygen atoms in total. The Hall–Kier alpha value is -2.36. The molecule has 0 atom stereocenters. The smallest absolute Gasteiger partial charge is 0.123 e. The summed E-state index contributed by atoms with van der Waals surface area (Å²) in [5.74, 6) is 0.697. The fourth-order valence-electron chi connectivity index (χ4n) is 2.12. The van der Waals surface area contributed by atoms with Crippen molar-refractivity contribution in [3.63, 3.8) is 0 Å². The number of aliphatic imine (C=N–C) groups is 1. The molecule has 0 radical (unpaired) electrons. The zero-order valence-corrected chi connectivity index (χ0v) is 10.4. The number of fused-ring (bicyclic) bond motifs is 1. The Balaban J connectivity index is 1.72. The lowest BCUT2D eigenvalue weighted by atomic mass is 10.1. The number of nitrogens with one attached hydrogen (secondary N) is 1. The van der Waals surface area contributed by atoms with E-state index in [1.807, 2.05) is 18.2 Å². The Morgan fingerprint density at radius 2 is 1.95 bits per heavy atom. The van der Waals surface area contributed by atoms with Crippen LogP contribution >= 0.6 is 0 Å². The average molecular weight is 255 g/mol. The first-order chi connectivity index (χ1) is 9.20. The summed E-state index contributed by atoms with van der Waals surface area (Å²) in [7, 11) is 0. The lowest BCUT2D eigenvalue weighted by molar-refractivity contribution is 0.627. The Morgan fingerprint density at radius 1 is 1.16 bits per heavy atom. The second kappa shape index (κ2) is 4.72. The van der Waals surface area contributed by atoms with Crippen LogP contribution in [0.15, 0.2) is 47.5 Å². The van der Waals surface area contributed by atoms with Gasteiger partial charge in [-0.25, -0.2) is 4.39 Å². The monoisotopic (exact) mass is 255 g/mol. The molecule has 0 spiro atoms. The zero-order chi connectivity index (χ0) is 13.2. The van der Waals surface area contributed by atoms with Gasteiger partial charge in [-0.1, -0.05) is 18.2 Å². The maximum Gasteiger partial charge on any atom is 0.123 e. The summed E-state index contributed by atoms with van der Waals surface area (Å²) in [4.78, 5) is 4.51.